The third-order valence-electron chi connectivity index (χ3n) is 7.11. The van der Waals surface area contributed by atoms with Crippen LogP contribution in [0.3, 0.4) is 0 Å². The summed E-state index contributed by atoms with van der Waals surface area (Å²) in [4.78, 5) is 19.5. The van der Waals surface area contributed by atoms with Crippen molar-refractivity contribution in [3.8, 4) is 5.75 Å². The van der Waals surface area contributed by atoms with Crippen LogP contribution in [0, 0.1) is 11.8 Å². The van der Waals surface area contributed by atoms with E-state index in [1.54, 1.807) is 13.3 Å². The highest BCUT2D eigenvalue weighted by Crippen LogP contribution is 2.43. The largest absolute Gasteiger partial charge is 0.495 e. The second-order valence-corrected chi connectivity index (χ2v) is 11.0. The summed E-state index contributed by atoms with van der Waals surface area (Å²) in [7, 11) is 1.65. The Balaban J connectivity index is 1.56. The van der Waals surface area contributed by atoms with Gasteiger partial charge in [-0.05, 0) is 71.1 Å². The summed E-state index contributed by atoms with van der Waals surface area (Å²) >= 11 is 0. The molecule has 2 aliphatic rings. The maximum absolute atomic E-state index is 13.1. The molecule has 0 radical (unpaired) electrons. The van der Waals surface area contributed by atoms with Crippen LogP contribution < -0.4 is 4.74 Å². The predicted molar refractivity (Wildman–Crippen MR) is 136 cm³/mol. The SMILES string of the molecule is COc1cnc2cccc(C=CCC3CCN(C(=O)OC(C)(C)C)C(C)(C)C3C3COCO3)c2c1. The molecule has 1 amide bonds. The number of hydrogen-bond acceptors (Lipinski definition) is 6. The number of hydrogen-bond donors (Lipinski definition) is 0. The fourth-order valence-corrected chi connectivity index (χ4v) is 5.52. The van der Waals surface area contributed by atoms with E-state index in [1.165, 1.54) is 0 Å². The summed E-state index contributed by atoms with van der Waals surface area (Å²) in [5.74, 6) is 1.20. The quantitative estimate of drug-likeness (QED) is 0.547. The van der Waals surface area contributed by atoms with Crippen LogP contribution in [-0.4, -0.2) is 60.3 Å². The van der Waals surface area contributed by atoms with Crippen molar-refractivity contribution in [2.75, 3.05) is 27.1 Å². The normalized spacial score (nSPS) is 24.7. The number of likely N-dealkylation sites (tertiary alicyclic amines) is 1. The molecule has 7 heteroatoms. The predicted octanol–water partition coefficient (Wildman–Crippen LogP) is 5.67. The van der Waals surface area contributed by atoms with E-state index in [-0.39, 0.29) is 18.1 Å². The Morgan fingerprint density at radius 3 is 2.80 bits per heavy atom. The summed E-state index contributed by atoms with van der Waals surface area (Å²) in [6.45, 7) is 11.5. The van der Waals surface area contributed by atoms with E-state index in [0.29, 0.717) is 25.9 Å². The lowest BCUT2D eigenvalue weighted by Crippen LogP contribution is -2.62. The van der Waals surface area contributed by atoms with Gasteiger partial charge < -0.3 is 23.8 Å². The van der Waals surface area contributed by atoms with Gasteiger partial charge in [-0.2, -0.15) is 0 Å². The molecule has 7 nitrogen and oxygen atoms in total. The van der Waals surface area contributed by atoms with Gasteiger partial charge in [0.05, 0.1) is 31.5 Å². The number of allylic oxidation sites excluding steroid dienone is 1. The number of aromatic nitrogens is 1. The van der Waals surface area contributed by atoms with Crippen molar-refractivity contribution < 1.29 is 23.7 Å². The molecule has 4 rings (SSSR count). The number of ether oxygens (including phenoxy) is 4. The third kappa shape index (κ3) is 5.62. The van der Waals surface area contributed by atoms with Crippen LogP contribution in [0.1, 0.15) is 53.0 Å². The number of methoxy groups -OCH3 is 1. The molecule has 190 valence electrons. The maximum Gasteiger partial charge on any atom is 0.410 e. The van der Waals surface area contributed by atoms with E-state index >= 15 is 0 Å². The van der Waals surface area contributed by atoms with Crippen LogP contribution in [0.15, 0.2) is 36.5 Å². The molecule has 3 heterocycles. The highest BCUT2D eigenvalue weighted by molar-refractivity contribution is 5.88. The lowest BCUT2D eigenvalue weighted by atomic mass is 9.68. The van der Waals surface area contributed by atoms with Crippen molar-refractivity contribution in [1.29, 1.82) is 0 Å². The standard InChI is InChI=1S/C28H38N2O5/c1-27(2,3)35-26(31)30-14-13-20(25(28(30,4)5)24-17-33-18-34-24)11-7-9-19-10-8-12-23-22(19)15-21(32-6)16-29-23/h7-10,12,15-16,20,24-25H,11,13-14,17-18H2,1-6H3. The van der Waals surface area contributed by atoms with Gasteiger partial charge in [-0.1, -0.05) is 24.3 Å². The molecule has 2 fully saturated rings. The van der Waals surface area contributed by atoms with Crippen molar-refractivity contribution in [2.45, 2.75) is 64.7 Å². The second kappa shape index (κ2) is 10.2. The van der Waals surface area contributed by atoms with Gasteiger partial charge in [0, 0.05) is 23.4 Å². The zero-order valence-corrected chi connectivity index (χ0v) is 21.7. The Kier molecular flexibility index (Phi) is 7.38. The fraction of sp³-hybridized carbons (Fsp3) is 0.571. The van der Waals surface area contributed by atoms with E-state index in [9.17, 15) is 4.79 Å². The summed E-state index contributed by atoms with van der Waals surface area (Å²) in [6.07, 6.45) is 7.58. The molecule has 1 aromatic heterocycles. The molecular formula is C28H38N2O5. The fourth-order valence-electron chi connectivity index (χ4n) is 5.52. The number of nitrogens with zero attached hydrogens (tertiary/aromatic N) is 2. The van der Waals surface area contributed by atoms with Crippen molar-refractivity contribution in [3.63, 3.8) is 0 Å². The summed E-state index contributed by atoms with van der Waals surface area (Å²) in [5, 5.41) is 1.06. The van der Waals surface area contributed by atoms with Crippen molar-refractivity contribution in [2.24, 2.45) is 11.8 Å². The van der Waals surface area contributed by atoms with Crippen LogP contribution >= 0.6 is 0 Å². The van der Waals surface area contributed by atoms with E-state index in [4.69, 9.17) is 18.9 Å². The highest BCUT2D eigenvalue weighted by Gasteiger charge is 2.51. The lowest BCUT2D eigenvalue weighted by molar-refractivity contribution is -0.0833. The van der Waals surface area contributed by atoms with Crippen LogP contribution in [0.25, 0.3) is 17.0 Å². The first-order valence-electron chi connectivity index (χ1n) is 12.4. The number of carbonyl (C=O) groups is 1. The zero-order valence-electron chi connectivity index (χ0n) is 21.7. The molecule has 1 aromatic carbocycles. The molecule has 3 unspecified atom stereocenters. The number of amides is 1. The first kappa shape index (κ1) is 25.5. The molecule has 0 spiro atoms. The minimum absolute atomic E-state index is 0.0559. The Morgan fingerprint density at radius 1 is 1.31 bits per heavy atom. The average Bonchev–Trinajstić information content (AvgIpc) is 3.31. The first-order chi connectivity index (χ1) is 16.6. The van der Waals surface area contributed by atoms with Gasteiger partial charge in [0.2, 0.25) is 0 Å². The minimum atomic E-state index is -0.536. The van der Waals surface area contributed by atoms with Gasteiger partial charge >= 0.3 is 6.09 Å². The molecule has 0 N–H and O–H groups in total. The minimum Gasteiger partial charge on any atom is -0.495 e. The summed E-state index contributed by atoms with van der Waals surface area (Å²) in [5.41, 5.74) is 1.07. The van der Waals surface area contributed by atoms with Crippen LogP contribution in [0.4, 0.5) is 4.79 Å². The molecule has 0 aliphatic carbocycles. The van der Waals surface area contributed by atoms with Gasteiger partial charge in [0.25, 0.3) is 0 Å². The zero-order chi connectivity index (χ0) is 25.2. The highest BCUT2D eigenvalue weighted by atomic mass is 16.7. The lowest BCUT2D eigenvalue weighted by Gasteiger charge is -2.52. The Labute approximate surface area is 208 Å². The number of piperidine rings is 1. The molecule has 2 saturated heterocycles. The van der Waals surface area contributed by atoms with Crippen LogP contribution in [0.2, 0.25) is 0 Å². The second-order valence-electron chi connectivity index (χ2n) is 11.0. The number of benzene rings is 1. The molecule has 0 saturated carbocycles. The number of carbonyl (C=O) groups excluding carboxylic acids is 1. The number of pyridine rings is 1. The number of fused-ring (bicyclic) bond motifs is 1. The Bertz CT molecular complexity index is 1070. The molecule has 2 aromatic rings. The van der Waals surface area contributed by atoms with Gasteiger partial charge in [0.1, 0.15) is 18.1 Å². The first-order valence-corrected chi connectivity index (χ1v) is 12.4. The Morgan fingerprint density at radius 2 is 2.11 bits per heavy atom. The monoisotopic (exact) mass is 482 g/mol. The van der Waals surface area contributed by atoms with Gasteiger partial charge in [0.15, 0.2) is 0 Å². The molecule has 35 heavy (non-hydrogen) atoms. The van der Waals surface area contributed by atoms with Crippen molar-refractivity contribution >= 4 is 23.1 Å². The topological polar surface area (TPSA) is 70.1 Å². The van der Waals surface area contributed by atoms with E-state index in [2.05, 4.69) is 37.0 Å². The van der Waals surface area contributed by atoms with Gasteiger partial charge in [-0.15, -0.1) is 0 Å². The van der Waals surface area contributed by atoms with Crippen molar-refractivity contribution in [1.82, 2.24) is 9.88 Å². The van der Waals surface area contributed by atoms with E-state index in [1.807, 2.05) is 43.9 Å². The van der Waals surface area contributed by atoms with Gasteiger partial charge in [-0.25, -0.2) is 4.79 Å². The average molecular weight is 483 g/mol. The summed E-state index contributed by atoms with van der Waals surface area (Å²) in [6, 6.07) is 8.16. The van der Waals surface area contributed by atoms with Crippen LogP contribution in [-0.2, 0) is 14.2 Å². The van der Waals surface area contributed by atoms with Gasteiger partial charge in [-0.3, -0.25) is 4.98 Å². The third-order valence-corrected chi connectivity index (χ3v) is 7.11. The molecular weight excluding hydrogens is 444 g/mol. The van der Waals surface area contributed by atoms with Crippen molar-refractivity contribution in [3.05, 3.63) is 42.1 Å². The number of rotatable bonds is 5. The molecule has 3 atom stereocenters. The Hall–Kier alpha value is -2.64. The van der Waals surface area contributed by atoms with E-state index < -0.39 is 11.1 Å². The van der Waals surface area contributed by atoms with E-state index in [0.717, 1.165) is 35.1 Å². The molecule has 2 aliphatic heterocycles. The smallest absolute Gasteiger partial charge is 0.410 e. The summed E-state index contributed by atoms with van der Waals surface area (Å²) < 4.78 is 22.7. The maximum atomic E-state index is 13.1. The molecule has 0 bridgehead atoms. The van der Waals surface area contributed by atoms with Crippen LogP contribution in [0.5, 0.6) is 5.75 Å².